The van der Waals surface area contributed by atoms with Gasteiger partial charge in [0.15, 0.2) is 5.60 Å². The first-order chi connectivity index (χ1) is 22.9. The van der Waals surface area contributed by atoms with Gasteiger partial charge in [-0.1, -0.05) is 6.07 Å². The van der Waals surface area contributed by atoms with Crippen LogP contribution >= 0.6 is 0 Å². The Bertz CT molecular complexity index is 1390. The van der Waals surface area contributed by atoms with Crippen LogP contribution < -0.4 is 10.6 Å². The Kier molecular flexibility index (Phi) is 12.0. The molecule has 7 atom stereocenters. The van der Waals surface area contributed by atoms with Crippen LogP contribution in [0.5, 0.6) is 0 Å². The lowest BCUT2D eigenvalue weighted by Gasteiger charge is -2.49. The number of aliphatic hydroxyl groups is 3. The van der Waals surface area contributed by atoms with E-state index in [2.05, 4.69) is 15.5 Å². The fourth-order valence-corrected chi connectivity index (χ4v) is 6.83. The number of ether oxygens (including phenoxy) is 3. The molecular weight excluding hydrogens is 640 g/mol. The number of benzene rings is 1. The molecule has 49 heavy (non-hydrogen) atoms. The second kappa shape index (κ2) is 15.3. The molecule has 3 heterocycles. The van der Waals surface area contributed by atoms with Crippen molar-refractivity contribution in [2.24, 2.45) is 0 Å². The normalized spacial score (nSPS) is 28.9. The minimum absolute atomic E-state index is 0.122. The van der Waals surface area contributed by atoms with Crippen LogP contribution in [0.4, 0.5) is 4.79 Å². The largest absolute Gasteiger partial charge is 0.479 e. The molecule has 3 fully saturated rings. The van der Waals surface area contributed by atoms with Gasteiger partial charge < -0.3 is 50.2 Å². The molecule has 3 aliphatic rings. The summed E-state index contributed by atoms with van der Waals surface area (Å²) in [5.74, 6) is -2.43. The Balaban J connectivity index is 1.50. The van der Waals surface area contributed by atoms with Crippen molar-refractivity contribution in [1.29, 1.82) is 0 Å². The van der Waals surface area contributed by atoms with Gasteiger partial charge in [-0.3, -0.25) is 14.5 Å². The van der Waals surface area contributed by atoms with Crippen molar-refractivity contribution in [2.75, 3.05) is 45.9 Å². The van der Waals surface area contributed by atoms with Crippen LogP contribution in [0.1, 0.15) is 68.4 Å². The highest BCUT2D eigenvalue weighted by atomic mass is 16.6. The van der Waals surface area contributed by atoms with Crippen LogP contribution in [0.25, 0.3) is 0 Å². The molecule has 0 aromatic heterocycles. The number of rotatable bonds is 10. The molecular formula is C34H52N4O11. The fourth-order valence-electron chi connectivity index (χ4n) is 6.83. The Hall–Kier alpha value is -3.34. The van der Waals surface area contributed by atoms with E-state index < -0.39 is 84.0 Å². The first-order valence-electron chi connectivity index (χ1n) is 16.8. The van der Waals surface area contributed by atoms with E-state index in [0.29, 0.717) is 44.8 Å². The zero-order chi connectivity index (χ0) is 36.3. The Morgan fingerprint density at radius 3 is 2.47 bits per heavy atom. The Morgan fingerprint density at radius 1 is 1.12 bits per heavy atom. The van der Waals surface area contributed by atoms with Crippen molar-refractivity contribution in [3.8, 4) is 0 Å². The monoisotopic (exact) mass is 692 g/mol. The van der Waals surface area contributed by atoms with E-state index in [1.165, 1.54) is 6.92 Å². The maximum absolute atomic E-state index is 12.9. The molecule has 0 unspecified atom stereocenters. The summed E-state index contributed by atoms with van der Waals surface area (Å²) in [5, 5.41) is 49.2. The molecule has 0 aliphatic carbocycles. The molecule has 0 saturated carbocycles. The van der Waals surface area contributed by atoms with Crippen molar-refractivity contribution in [1.82, 2.24) is 20.4 Å². The zero-order valence-electron chi connectivity index (χ0n) is 29.2. The van der Waals surface area contributed by atoms with Gasteiger partial charge in [-0.15, -0.1) is 0 Å². The lowest BCUT2D eigenvalue weighted by Crippen LogP contribution is -2.68. The van der Waals surface area contributed by atoms with Crippen LogP contribution in [0.3, 0.4) is 0 Å². The van der Waals surface area contributed by atoms with Crippen LogP contribution in [0.15, 0.2) is 18.2 Å². The number of hydrogen-bond acceptors (Lipinski definition) is 11. The van der Waals surface area contributed by atoms with E-state index in [1.807, 2.05) is 13.8 Å². The van der Waals surface area contributed by atoms with Crippen LogP contribution in [0.2, 0.25) is 0 Å². The second-order valence-electron chi connectivity index (χ2n) is 14.6. The molecule has 6 N–H and O–H groups in total. The summed E-state index contributed by atoms with van der Waals surface area (Å²) in [5.41, 5.74) is -1.01. The first-order valence-corrected chi connectivity index (χ1v) is 16.8. The second-order valence-corrected chi connectivity index (χ2v) is 14.6. The van der Waals surface area contributed by atoms with Crippen molar-refractivity contribution in [2.45, 2.75) is 108 Å². The lowest BCUT2D eigenvalue weighted by atomic mass is 9.81. The van der Waals surface area contributed by atoms with Crippen LogP contribution in [-0.2, 0) is 23.8 Å². The minimum atomic E-state index is -2.01. The topological polar surface area (TPSA) is 207 Å². The number of nitrogens with zero attached hydrogens (tertiary/aromatic N) is 2. The first kappa shape index (κ1) is 38.5. The predicted octanol–water partition coefficient (Wildman–Crippen LogP) is 0.335. The quantitative estimate of drug-likeness (QED) is 0.196. The van der Waals surface area contributed by atoms with Crippen molar-refractivity contribution < 1.29 is 53.8 Å². The number of likely N-dealkylation sites (tertiary alicyclic amines) is 1. The van der Waals surface area contributed by atoms with Gasteiger partial charge in [-0.2, -0.15) is 0 Å². The molecule has 3 aliphatic heterocycles. The van der Waals surface area contributed by atoms with Crippen molar-refractivity contribution in [3.05, 3.63) is 34.9 Å². The number of carboxylic acids is 1. The van der Waals surface area contributed by atoms with Gasteiger partial charge in [-0.25, -0.2) is 9.59 Å². The summed E-state index contributed by atoms with van der Waals surface area (Å²) in [4.78, 5) is 54.3. The average molecular weight is 693 g/mol. The van der Waals surface area contributed by atoms with E-state index in [1.54, 1.807) is 43.9 Å². The van der Waals surface area contributed by atoms with Gasteiger partial charge in [0.25, 0.3) is 5.91 Å². The maximum Gasteiger partial charge on any atom is 0.410 e. The van der Waals surface area contributed by atoms with Gasteiger partial charge >= 0.3 is 12.1 Å². The number of carboxylic acid groups (broad SMARTS) is 1. The maximum atomic E-state index is 12.9. The summed E-state index contributed by atoms with van der Waals surface area (Å²) in [6.45, 7) is 12.0. The van der Waals surface area contributed by atoms with E-state index in [4.69, 9.17) is 14.2 Å². The number of carbonyl (C=O) groups is 4. The van der Waals surface area contributed by atoms with Gasteiger partial charge in [0.2, 0.25) is 5.91 Å². The number of hydrogen-bond donors (Lipinski definition) is 6. The number of nitrogens with one attached hydrogen (secondary N) is 2. The molecule has 0 bridgehead atoms. The molecule has 15 heteroatoms. The third kappa shape index (κ3) is 9.07. The van der Waals surface area contributed by atoms with E-state index in [9.17, 15) is 39.6 Å². The Morgan fingerprint density at radius 2 is 1.84 bits per heavy atom. The fraction of sp³-hybridized carbons (Fsp3) is 0.706. The molecule has 274 valence electrons. The lowest BCUT2D eigenvalue weighted by molar-refractivity contribution is -0.231. The number of aryl methyl sites for hydroxylation is 2. The molecule has 3 saturated heterocycles. The van der Waals surface area contributed by atoms with Gasteiger partial charge in [0, 0.05) is 58.1 Å². The third-order valence-corrected chi connectivity index (χ3v) is 9.72. The minimum Gasteiger partial charge on any atom is -0.479 e. The molecule has 4 rings (SSSR count). The third-order valence-electron chi connectivity index (χ3n) is 9.72. The standard InChI is InChI=1S/C34H52N4O11/c1-20-7-8-23(15-21(20)2)29(43)35-17-25(41)27(42)28-26(36-22(3)39)24(40)16-34(48-28,30(44)45)10-12-38-13-14-47-19-33(38)9-11-37(18-33)31(46)49-32(4,5)6/h7-8,15,24-28,40-42H,9-14,16-19H2,1-6H3,(H,35,43)(H,36,39)(H,44,45)/t24-,25+,26+,27+,28+,33-,34+/m0/s1. The number of aliphatic carboxylic acids is 1. The predicted molar refractivity (Wildman–Crippen MR) is 176 cm³/mol. The number of morpholine rings is 1. The van der Waals surface area contributed by atoms with Gasteiger partial charge in [0.05, 0.1) is 37.0 Å². The summed E-state index contributed by atoms with van der Waals surface area (Å²) >= 11 is 0. The highest BCUT2D eigenvalue weighted by Gasteiger charge is 2.55. The Labute approximate surface area is 286 Å². The smallest absolute Gasteiger partial charge is 0.410 e. The highest BCUT2D eigenvalue weighted by molar-refractivity contribution is 5.94. The summed E-state index contributed by atoms with van der Waals surface area (Å²) in [6, 6.07) is 3.87. The SMILES string of the molecule is CC(=O)N[C@H]1[C@H]([C@H](O)[C@H](O)CNC(=O)c2ccc(C)c(C)c2)O[C@@](CCN2CCOC[C@@]23CCN(C(=O)OC(C)(C)C)C3)(C(=O)O)C[C@@H]1O. The molecule has 3 amide bonds. The van der Waals surface area contributed by atoms with E-state index in [0.717, 1.165) is 11.1 Å². The summed E-state index contributed by atoms with van der Waals surface area (Å²) in [7, 11) is 0. The number of amides is 3. The van der Waals surface area contributed by atoms with Gasteiger partial charge in [-0.05, 0) is 64.3 Å². The highest BCUT2D eigenvalue weighted by Crippen LogP contribution is 2.38. The van der Waals surface area contributed by atoms with E-state index in [-0.39, 0.29) is 13.0 Å². The number of aliphatic hydroxyl groups excluding tert-OH is 3. The average Bonchev–Trinajstić information content (AvgIpc) is 3.44. The summed E-state index contributed by atoms with van der Waals surface area (Å²) < 4.78 is 17.5. The van der Waals surface area contributed by atoms with Crippen LogP contribution in [-0.4, -0.2) is 147 Å². The summed E-state index contributed by atoms with van der Waals surface area (Å²) in [6.07, 6.45) is -6.86. The molecule has 15 nitrogen and oxygen atoms in total. The molecule has 1 spiro atoms. The zero-order valence-corrected chi connectivity index (χ0v) is 29.2. The molecule has 0 radical (unpaired) electrons. The number of carbonyl (C=O) groups excluding carboxylic acids is 3. The van der Waals surface area contributed by atoms with Crippen LogP contribution in [0, 0.1) is 13.8 Å². The molecule has 1 aromatic carbocycles. The molecule has 1 aromatic rings. The van der Waals surface area contributed by atoms with E-state index >= 15 is 0 Å². The van der Waals surface area contributed by atoms with Crippen molar-refractivity contribution in [3.63, 3.8) is 0 Å². The van der Waals surface area contributed by atoms with Gasteiger partial charge in [0.1, 0.15) is 17.8 Å². The van der Waals surface area contributed by atoms with Crippen molar-refractivity contribution >= 4 is 23.9 Å².